The summed E-state index contributed by atoms with van der Waals surface area (Å²) in [5.74, 6) is -6.57. The van der Waals surface area contributed by atoms with Gasteiger partial charge >= 0.3 is 0 Å². The average Bonchev–Trinajstić information content (AvgIpc) is 4.01. The average molecular weight is 1080 g/mol. The molecule has 6 aliphatic rings. The number of aliphatic hydroxyl groups excluding tert-OH is 1. The van der Waals surface area contributed by atoms with Crippen LogP contribution in [0.1, 0.15) is 134 Å². The summed E-state index contributed by atoms with van der Waals surface area (Å²) < 4.78 is 78.2. The standard InChI is InChI=1S/C58H64ClF4N7O7/c1-31-45-43(27-41(61)49(59)48(45)47-37(54(64)73)12-14-42(50(47)62)76-25-24-71)77-58(31,34-6-4-3-5-7-34)30-65-35-10-8-33(9-11-35)56(75)70-22-18-57(19-23-70)28-36(29-57)69-20-16-32(17-21-69)46-40(60)26-39-52(67-68(2)53(39)51(46)63)38-13-15-44(72)66-55(38)74/h3-7,12,14,26-27,31-33,35-36,38,65,71H,8-11,13,15-25,28-30H2,1-2H3,(H2,64,73)(H,66,72,74)/t31-,33?,35?,38?,58-/m0/s1. The first-order chi connectivity index (χ1) is 37.0. The zero-order chi connectivity index (χ0) is 54.1. The number of rotatable bonds is 13. The van der Waals surface area contributed by atoms with Crippen LogP contribution in [0.15, 0.2) is 54.6 Å². The van der Waals surface area contributed by atoms with Gasteiger partial charge in [-0.15, -0.1) is 0 Å². The second-order valence-corrected chi connectivity index (χ2v) is 22.8. The Kier molecular flexibility index (Phi) is 14.4. The molecule has 5 N–H and O–H groups in total. The Hall–Kier alpha value is -6.08. The molecule has 2 aliphatic carbocycles. The molecule has 5 fully saturated rings. The topological polar surface area (TPSA) is 181 Å². The van der Waals surface area contributed by atoms with Crippen LogP contribution < -0.4 is 25.8 Å². The third-order valence-electron chi connectivity index (χ3n) is 18.2. The van der Waals surface area contributed by atoms with E-state index in [0.717, 1.165) is 70.3 Å². The van der Waals surface area contributed by atoms with Crippen LogP contribution in [0.2, 0.25) is 5.02 Å². The third-order valence-corrected chi connectivity index (χ3v) is 18.6. The lowest BCUT2D eigenvalue weighted by Gasteiger charge is -2.56. The van der Waals surface area contributed by atoms with Gasteiger partial charge in [-0.05, 0) is 119 Å². The van der Waals surface area contributed by atoms with Gasteiger partial charge < -0.3 is 35.4 Å². The first-order valence-corrected chi connectivity index (χ1v) is 27.5. The number of primary amides is 1. The molecule has 19 heteroatoms. The van der Waals surface area contributed by atoms with Gasteiger partial charge in [0.25, 0.3) is 0 Å². The molecule has 5 heterocycles. The number of fused-ring (bicyclic) bond motifs is 2. The molecule has 2 saturated carbocycles. The number of hydrogen-bond donors (Lipinski definition) is 4. The molecule has 0 radical (unpaired) electrons. The summed E-state index contributed by atoms with van der Waals surface area (Å²) in [6.45, 7) is 4.48. The summed E-state index contributed by atoms with van der Waals surface area (Å²) in [5.41, 5.74) is 5.93. The van der Waals surface area contributed by atoms with Crippen molar-refractivity contribution in [2.75, 3.05) is 45.9 Å². The zero-order valence-corrected chi connectivity index (χ0v) is 44.0. The Labute approximate surface area is 448 Å². The largest absolute Gasteiger partial charge is 0.488 e. The number of aryl methyl sites for hydroxylation is 1. The van der Waals surface area contributed by atoms with E-state index in [-0.39, 0.29) is 111 Å². The van der Waals surface area contributed by atoms with Gasteiger partial charge in [-0.1, -0.05) is 48.9 Å². The van der Waals surface area contributed by atoms with E-state index in [0.29, 0.717) is 37.3 Å². The number of nitrogens with one attached hydrogen (secondary N) is 2. The number of benzene rings is 4. The summed E-state index contributed by atoms with van der Waals surface area (Å²) in [6.07, 6.45) is 8.53. The lowest BCUT2D eigenvalue weighted by molar-refractivity contribution is -0.141. The number of ether oxygens (including phenoxy) is 2. The molecular formula is C58H64ClF4N7O7. The molecular weight excluding hydrogens is 1020 g/mol. The van der Waals surface area contributed by atoms with Crippen molar-refractivity contribution in [1.29, 1.82) is 0 Å². The van der Waals surface area contributed by atoms with Crippen LogP contribution in [0.25, 0.3) is 22.0 Å². The summed E-state index contributed by atoms with van der Waals surface area (Å²) in [4.78, 5) is 55.8. The van der Waals surface area contributed by atoms with Crippen molar-refractivity contribution in [2.24, 2.45) is 24.1 Å². The molecule has 14 nitrogen and oxygen atoms in total. The number of hydrogen-bond acceptors (Lipinski definition) is 10. The number of piperidine rings is 3. The quantitative estimate of drug-likeness (QED) is 0.0659. The van der Waals surface area contributed by atoms with Crippen LogP contribution in [-0.2, 0) is 27.0 Å². The number of carbonyl (C=O) groups is 4. The van der Waals surface area contributed by atoms with E-state index < -0.39 is 64.1 Å². The maximum atomic E-state index is 16.5. The molecule has 0 bridgehead atoms. The summed E-state index contributed by atoms with van der Waals surface area (Å²) in [5, 5.41) is 19.7. The van der Waals surface area contributed by atoms with Gasteiger partial charge in [0, 0.05) is 90.7 Å². The van der Waals surface area contributed by atoms with E-state index in [1.807, 2.05) is 37.3 Å². The molecule has 1 unspecified atom stereocenters. The number of nitrogens with zero attached hydrogens (tertiary/aromatic N) is 4. The van der Waals surface area contributed by atoms with Crippen molar-refractivity contribution in [3.05, 3.63) is 111 Å². The smallest absolute Gasteiger partial charge is 0.249 e. The molecule has 408 valence electrons. The van der Waals surface area contributed by atoms with Gasteiger partial charge in [0.2, 0.25) is 23.6 Å². The van der Waals surface area contributed by atoms with Crippen LogP contribution in [-0.4, -0.2) is 106 Å². The predicted octanol–water partition coefficient (Wildman–Crippen LogP) is 8.63. The monoisotopic (exact) mass is 1080 g/mol. The van der Waals surface area contributed by atoms with Crippen molar-refractivity contribution in [1.82, 2.24) is 30.2 Å². The number of likely N-dealkylation sites (tertiary alicyclic amines) is 2. The highest BCUT2D eigenvalue weighted by Crippen LogP contribution is 2.57. The van der Waals surface area contributed by atoms with Crippen LogP contribution in [0.3, 0.4) is 0 Å². The van der Waals surface area contributed by atoms with Crippen LogP contribution >= 0.6 is 11.6 Å². The Morgan fingerprint density at radius 3 is 2.30 bits per heavy atom. The Balaban J connectivity index is 0.688. The molecule has 77 heavy (non-hydrogen) atoms. The molecule has 1 aromatic heterocycles. The molecule has 3 saturated heterocycles. The highest BCUT2D eigenvalue weighted by atomic mass is 35.5. The fourth-order valence-electron chi connectivity index (χ4n) is 13.9. The van der Waals surface area contributed by atoms with Gasteiger partial charge in [0.05, 0.1) is 28.8 Å². The van der Waals surface area contributed by atoms with E-state index in [4.69, 9.17) is 26.8 Å². The third kappa shape index (κ3) is 9.43. The second kappa shape index (κ2) is 20.9. The van der Waals surface area contributed by atoms with Crippen molar-refractivity contribution >= 4 is 46.1 Å². The van der Waals surface area contributed by atoms with E-state index in [2.05, 4.69) is 25.5 Å². The number of aliphatic hydroxyl groups is 1. The SMILES string of the molecule is C[C@H]1c2c(cc(F)c(Cl)c2-c2c(C(N)=O)ccc(OCCO)c2F)O[C@]1(CNC1CCC(C(=O)N2CCC3(CC2)CC(N2CCC(c4c(F)cc5c(C6CCC(=O)NC6=O)nn(C)c5c4F)CC2)C3)CC1)c1ccccc1. The molecule has 1 spiro atoms. The Morgan fingerprint density at radius 2 is 1.62 bits per heavy atom. The highest BCUT2D eigenvalue weighted by Gasteiger charge is 2.52. The van der Waals surface area contributed by atoms with Crippen molar-refractivity contribution in [3.8, 4) is 22.6 Å². The lowest BCUT2D eigenvalue weighted by atomic mass is 9.59. The Bertz CT molecular complexity index is 3150. The first kappa shape index (κ1) is 52.9. The molecule has 4 aromatic carbocycles. The van der Waals surface area contributed by atoms with Crippen molar-refractivity contribution in [2.45, 2.75) is 119 Å². The molecule has 4 amide bonds. The van der Waals surface area contributed by atoms with Crippen molar-refractivity contribution < 1.29 is 51.3 Å². The van der Waals surface area contributed by atoms with Crippen LogP contribution in [0.4, 0.5) is 17.6 Å². The number of aromatic nitrogens is 2. The molecule has 5 aromatic rings. The number of amides is 4. The normalized spacial score (nSPS) is 24.9. The fourth-order valence-corrected chi connectivity index (χ4v) is 14.2. The minimum absolute atomic E-state index is 0.0441. The van der Waals surface area contributed by atoms with E-state index in [1.165, 1.54) is 28.9 Å². The number of imide groups is 1. The molecule has 11 rings (SSSR count). The molecule has 3 atom stereocenters. The van der Waals surface area contributed by atoms with E-state index in [1.54, 1.807) is 7.05 Å². The van der Waals surface area contributed by atoms with Crippen LogP contribution in [0.5, 0.6) is 11.5 Å². The Morgan fingerprint density at radius 1 is 0.909 bits per heavy atom. The number of carbonyl (C=O) groups excluding carboxylic acids is 4. The van der Waals surface area contributed by atoms with Gasteiger partial charge in [-0.25, -0.2) is 17.6 Å². The predicted molar refractivity (Wildman–Crippen MR) is 279 cm³/mol. The van der Waals surface area contributed by atoms with E-state index >= 15 is 17.6 Å². The number of halogens is 5. The van der Waals surface area contributed by atoms with Gasteiger partial charge in [0.1, 0.15) is 29.5 Å². The number of nitrogens with two attached hydrogens (primary N) is 1. The minimum Gasteiger partial charge on any atom is -0.488 e. The maximum absolute atomic E-state index is 16.5. The molecule has 4 aliphatic heterocycles. The first-order valence-electron chi connectivity index (χ1n) is 27.1. The lowest BCUT2D eigenvalue weighted by Crippen LogP contribution is -2.57. The second-order valence-electron chi connectivity index (χ2n) is 22.4. The van der Waals surface area contributed by atoms with Gasteiger partial charge in [0.15, 0.2) is 23.0 Å². The van der Waals surface area contributed by atoms with E-state index in [9.17, 15) is 24.3 Å². The van der Waals surface area contributed by atoms with Crippen molar-refractivity contribution in [3.63, 3.8) is 0 Å². The maximum Gasteiger partial charge on any atom is 0.249 e. The fraction of sp³-hybridized carbons (Fsp3) is 0.500. The van der Waals surface area contributed by atoms with Gasteiger partial charge in [-0.2, -0.15) is 5.10 Å². The summed E-state index contributed by atoms with van der Waals surface area (Å²) in [7, 11) is 1.59. The summed E-state index contributed by atoms with van der Waals surface area (Å²) in [6, 6.07) is 15.0. The zero-order valence-electron chi connectivity index (χ0n) is 43.2. The highest BCUT2D eigenvalue weighted by molar-refractivity contribution is 6.34. The summed E-state index contributed by atoms with van der Waals surface area (Å²) >= 11 is 6.73. The van der Waals surface area contributed by atoms with Gasteiger partial charge in [-0.3, -0.25) is 29.2 Å². The van der Waals surface area contributed by atoms with Crippen LogP contribution in [0, 0.1) is 34.6 Å². The minimum atomic E-state index is -1.12.